The molecule has 18 heavy (non-hydrogen) atoms. The molecular formula is C13H20N4O. The molecule has 0 aromatic carbocycles. The maximum absolute atomic E-state index is 5.87. The summed E-state index contributed by atoms with van der Waals surface area (Å²) in [5, 5.41) is 3.34. The van der Waals surface area contributed by atoms with Crippen molar-refractivity contribution in [2.24, 2.45) is 0 Å². The Hall–Kier alpha value is -1.20. The van der Waals surface area contributed by atoms with Crippen molar-refractivity contribution in [2.75, 3.05) is 24.5 Å². The van der Waals surface area contributed by atoms with Crippen molar-refractivity contribution in [1.82, 2.24) is 15.3 Å². The van der Waals surface area contributed by atoms with Crippen LogP contribution in [0.5, 0.6) is 0 Å². The lowest BCUT2D eigenvalue weighted by Gasteiger charge is -2.33. The second-order valence-electron chi connectivity index (χ2n) is 5.01. The Kier molecular flexibility index (Phi) is 3.43. The number of ether oxygens (including phenoxy) is 1. The maximum Gasteiger partial charge on any atom is 0.136 e. The number of rotatable bonds is 4. The highest BCUT2D eigenvalue weighted by atomic mass is 16.5. The number of aromatic nitrogens is 2. The average molecular weight is 248 g/mol. The summed E-state index contributed by atoms with van der Waals surface area (Å²) in [7, 11) is 0. The average Bonchev–Trinajstić information content (AvgIpc) is 2.75. The first-order chi connectivity index (χ1) is 8.86. The fraction of sp³-hybridized carbons (Fsp3) is 0.692. The molecule has 5 nitrogen and oxygen atoms in total. The van der Waals surface area contributed by atoms with Crippen LogP contribution in [0.25, 0.3) is 0 Å². The van der Waals surface area contributed by atoms with Crippen LogP contribution in [-0.4, -0.2) is 41.8 Å². The summed E-state index contributed by atoms with van der Waals surface area (Å²) in [6.45, 7) is 5.83. The lowest BCUT2D eigenvalue weighted by molar-refractivity contribution is 0.0301. The van der Waals surface area contributed by atoms with E-state index in [1.54, 1.807) is 6.33 Å². The number of morpholine rings is 1. The molecule has 2 fully saturated rings. The van der Waals surface area contributed by atoms with E-state index in [9.17, 15) is 0 Å². The van der Waals surface area contributed by atoms with Gasteiger partial charge in [-0.25, -0.2) is 9.97 Å². The predicted molar refractivity (Wildman–Crippen MR) is 69.5 cm³/mol. The van der Waals surface area contributed by atoms with Gasteiger partial charge in [-0.3, -0.25) is 0 Å². The smallest absolute Gasteiger partial charge is 0.136 e. The van der Waals surface area contributed by atoms with Crippen molar-refractivity contribution < 1.29 is 4.74 Å². The summed E-state index contributed by atoms with van der Waals surface area (Å²) in [6.07, 6.45) is 6.73. The minimum atomic E-state index is 0.394. The van der Waals surface area contributed by atoms with Gasteiger partial charge in [0.25, 0.3) is 0 Å². The van der Waals surface area contributed by atoms with E-state index in [-0.39, 0.29) is 0 Å². The van der Waals surface area contributed by atoms with E-state index in [1.807, 2.05) is 6.20 Å². The molecule has 2 saturated heterocycles. The first-order valence-corrected chi connectivity index (χ1v) is 6.77. The number of hydrogen-bond acceptors (Lipinski definition) is 5. The Morgan fingerprint density at radius 3 is 2.89 bits per heavy atom. The van der Waals surface area contributed by atoms with E-state index >= 15 is 0 Å². The molecule has 1 aromatic heterocycles. The number of nitrogens with one attached hydrogen (secondary N) is 1. The van der Waals surface area contributed by atoms with Crippen LogP contribution < -0.4 is 10.2 Å². The molecule has 2 bridgehead atoms. The molecule has 5 heteroatoms. The molecule has 98 valence electrons. The standard InChI is InChI=1S/C13H20N4O/c1-2-14-5-10-6-15-9-16-13(10)17-7-11-3-4-12(8-17)18-11/h6,9,11-12,14H,2-5,7-8H2,1H3. The Morgan fingerprint density at radius 2 is 2.17 bits per heavy atom. The SMILES string of the molecule is CCNCc1cncnc1N1CC2CCC(C1)O2. The van der Waals surface area contributed by atoms with Gasteiger partial charge in [0.2, 0.25) is 0 Å². The topological polar surface area (TPSA) is 50.3 Å². The van der Waals surface area contributed by atoms with Gasteiger partial charge in [-0.2, -0.15) is 0 Å². The van der Waals surface area contributed by atoms with Crippen LogP contribution >= 0.6 is 0 Å². The van der Waals surface area contributed by atoms with E-state index in [4.69, 9.17) is 4.74 Å². The first-order valence-electron chi connectivity index (χ1n) is 6.77. The quantitative estimate of drug-likeness (QED) is 0.860. The summed E-state index contributed by atoms with van der Waals surface area (Å²) in [5.74, 6) is 1.08. The molecule has 2 aliphatic heterocycles. The zero-order valence-electron chi connectivity index (χ0n) is 10.8. The summed E-state index contributed by atoms with van der Waals surface area (Å²) in [6, 6.07) is 0. The van der Waals surface area contributed by atoms with Crippen LogP contribution in [0.2, 0.25) is 0 Å². The molecule has 3 rings (SSSR count). The minimum absolute atomic E-state index is 0.394. The van der Waals surface area contributed by atoms with Crippen LogP contribution in [0.15, 0.2) is 12.5 Å². The first kappa shape index (κ1) is 11.9. The van der Waals surface area contributed by atoms with Gasteiger partial charge in [0, 0.05) is 31.4 Å². The number of fused-ring (bicyclic) bond motifs is 2. The largest absolute Gasteiger partial charge is 0.371 e. The molecule has 0 saturated carbocycles. The summed E-state index contributed by atoms with van der Waals surface area (Å²) < 4.78 is 5.87. The van der Waals surface area contributed by atoms with Crippen molar-refractivity contribution >= 4 is 5.82 Å². The zero-order chi connectivity index (χ0) is 12.4. The van der Waals surface area contributed by atoms with Crippen molar-refractivity contribution in [2.45, 2.75) is 38.5 Å². The molecular weight excluding hydrogens is 228 g/mol. The molecule has 2 atom stereocenters. The number of nitrogens with zero attached hydrogens (tertiary/aromatic N) is 3. The summed E-state index contributed by atoms with van der Waals surface area (Å²) in [5.41, 5.74) is 1.18. The van der Waals surface area contributed by atoms with Crippen LogP contribution in [0, 0.1) is 0 Å². The maximum atomic E-state index is 5.87. The predicted octanol–water partition coefficient (Wildman–Crippen LogP) is 0.954. The Labute approximate surface area is 108 Å². The molecule has 0 amide bonds. The lowest BCUT2D eigenvalue weighted by Crippen LogP contribution is -2.43. The fourth-order valence-electron chi connectivity index (χ4n) is 2.81. The van der Waals surface area contributed by atoms with Gasteiger partial charge >= 0.3 is 0 Å². The molecule has 2 aliphatic rings. The van der Waals surface area contributed by atoms with Gasteiger partial charge in [-0.05, 0) is 19.4 Å². The fourth-order valence-corrected chi connectivity index (χ4v) is 2.81. The van der Waals surface area contributed by atoms with Gasteiger partial charge in [0.1, 0.15) is 12.1 Å². The van der Waals surface area contributed by atoms with Gasteiger partial charge in [0.15, 0.2) is 0 Å². The van der Waals surface area contributed by atoms with Gasteiger partial charge in [-0.15, -0.1) is 0 Å². The summed E-state index contributed by atoms with van der Waals surface area (Å²) in [4.78, 5) is 11.0. The van der Waals surface area contributed by atoms with E-state index in [0.717, 1.165) is 32.0 Å². The van der Waals surface area contributed by atoms with Crippen molar-refractivity contribution in [3.05, 3.63) is 18.1 Å². The van der Waals surface area contributed by atoms with E-state index < -0.39 is 0 Å². The summed E-state index contributed by atoms with van der Waals surface area (Å²) >= 11 is 0. The van der Waals surface area contributed by atoms with E-state index in [0.29, 0.717) is 12.2 Å². The Bertz CT molecular complexity index is 400. The highest BCUT2D eigenvalue weighted by Gasteiger charge is 2.34. The minimum Gasteiger partial charge on any atom is -0.371 e. The van der Waals surface area contributed by atoms with Crippen LogP contribution in [-0.2, 0) is 11.3 Å². The second-order valence-corrected chi connectivity index (χ2v) is 5.01. The normalized spacial score (nSPS) is 26.6. The third kappa shape index (κ3) is 2.33. The lowest BCUT2D eigenvalue weighted by atomic mass is 10.2. The molecule has 2 unspecified atom stereocenters. The third-order valence-corrected chi connectivity index (χ3v) is 3.67. The molecule has 0 spiro atoms. The van der Waals surface area contributed by atoms with Crippen LogP contribution in [0.1, 0.15) is 25.3 Å². The van der Waals surface area contributed by atoms with Gasteiger partial charge in [0.05, 0.1) is 12.2 Å². The zero-order valence-corrected chi connectivity index (χ0v) is 10.8. The van der Waals surface area contributed by atoms with Crippen molar-refractivity contribution in [3.8, 4) is 0 Å². The van der Waals surface area contributed by atoms with Gasteiger partial charge in [-0.1, -0.05) is 6.92 Å². The highest BCUT2D eigenvalue weighted by Crippen LogP contribution is 2.29. The monoisotopic (exact) mass is 248 g/mol. The third-order valence-electron chi connectivity index (χ3n) is 3.67. The number of hydrogen-bond donors (Lipinski definition) is 1. The van der Waals surface area contributed by atoms with Gasteiger partial charge < -0.3 is 15.0 Å². The van der Waals surface area contributed by atoms with E-state index in [2.05, 4.69) is 27.1 Å². The Morgan fingerprint density at radius 1 is 1.39 bits per heavy atom. The van der Waals surface area contributed by atoms with E-state index in [1.165, 1.54) is 18.4 Å². The van der Waals surface area contributed by atoms with Crippen molar-refractivity contribution in [3.63, 3.8) is 0 Å². The van der Waals surface area contributed by atoms with Crippen LogP contribution in [0.4, 0.5) is 5.82 Å². The van der Waals surface area contributed by atoms with Crippen LogP contribution in [0.3, 0.4) is 0 Å². The molecule has 3 heterocycles. The van der Waals surface area contributed by atoms with Crippen molar-refractivity contribution in [1.29, 1.82) is 0 Å². The Balaban J connectivity index is 1.78. The second kappa shape index (κ2) is 5.20. The molecule has 0 aliphatic carbocycles. The highest BCUT2D eigenvalue weighted by molar-refractivity contribution is 5.46. The number of anilines is 1. The molecule has 1 aromatic rings. The molecule has 1 N–H and O–H groups in total. The molecule has 0 radical (unpaired) electrons.